The Bertz CT molecular complexity index is 375. The van der Waals surface area contributed by atoms with E-state index in [1.807, 2.05) is 0 Å². The molecule has 0 aliphatic rings. The third kappa shape index (κ3) is 11.0. The maximum Gasteiger partial charge on any atom is 0.394 e. The van der Waals surface area contributed by atoms with Crippen molar-refractivity contribution >= 4 is 27.7 Å². The van der Waals surface area contributed by atoms with Crippen molar-refractivity contribution < 1.29 is 22.0 Å². The third-order valence-corrected chi connectivity index (χ3v) is 1.29. The number of anilines is 1. The Morgan fingerprint density at radius 1 is 1.20 bits per heavy atom. The molecule has 0 aliphatic carbocycles. The van der Waals surface area contributed by atoms with Crippen LogP contribution in [0.2, 0.25) is 5.02 Å². The Kier molecular flexibility index (Phi) is 6.13. The van der Waals surface area contributed by atoms with Crippen LogP contribution in [0.3, 0.4) is 0 Å². The minimum Gasteiger partial charge on any atom is -0.295 e. The first-order valence-electron chi connectivity index (χ1n) is 3.40. The van der Waals surface area contributed by atoms with Crippen LogP contribution in [-0.4, -0.2) is 17.5 Å². The smallest absolute Gasteiger partial charge is 0.295 e. The Morgan fingerprint density at radius 2 is 1.60 bits per heavy atom. The van der Waals surface area contributed by atoms with Crippen LogP contribution in [0.1, 0.15) is 0 Å². The Morgan fingerprint density at radius 3 is 1.93 bits per heavy atom. The van der Waals surface area contributed by atoms with Gasteiger partial charge >= 0.3 is 10.4 Å². The predicted octanol–water partition coefficient (Wildman–Crippen LogP) is 1.49. The highest BCUT2D eigenvalue weighted by molar-refractivity contribution is 7.79. The fourth-order valence-corrected chi connectivity index (χ4v) is 0.714. The summed E-state index contributed by atoms with van der Waals surface area (Å²) in [6.45, 7) is 0. The van der Waals surface area contributed by atoms with Crippen LogP contribution in [-0.2, 0) is 10.4 Å². The minimum absolute atomic E-state index is 0.629. The largest absolute Gasteiger partial charge is 0.394 e. The number of rotatable bonds is 2. The summed E-state index contributed by atoms with van der Waals surface area (Å²) >= 11 is 5.57. The van der Waals surface area contributed by atoms with Gasteiger partial charge in [0.15, 0.2) is 0 Å². The molecular weight excluding hydrogens is 251 g/mol. The van der Waals surface area contributed by atoms with Crippen molar-refractivity contribution in [1.82, 2.24) is 5.65 Å². The Balaban J connectivity index is 0.000000336. The summed E-state index contributed by atoms with van der Waals surface area (Å²) in [4.78, 5) is 0. The molecule has 86 valence electrons. The van der Waals surface area contributed by atoms with Gasteiger partial charge in [-0.15, -0.1) is 4.48 Å². The second-order valence-corrected chi connectivity index (χ2v) is 3.51. The zero-order valence-electron chi connectivity index (χ0n) is 7.18. The molecule has 6 nitrogen and oxygen atoms in total. The molecule has 15 heavy (non-hydrogen) atoms. The van der Waals surface area contributed by atoms with Gasteiger partial charge in [-0.1, -0.05) is 17.2 Å². The highest BCUT2D eigenvalue weighted by atomic mass is 35.5. The van der Waals surface area contributed by atoms with Crippen LogP contribution in [0, 0.1) is 0 Å². The van der Waals surface area contributed by atoms with Gasteiger partial charge < -0.3 is 0 Å². The summed E-state index contributed by atoms with van der Waals surface area (Å²) in [5.74, 6) is 0. The lowest BCUT2D eigenvalue weighted by molar-refractivity contribution is 0.376. The molecule has 0 radical (unpaired) electrons. The third-order valence-electron chi connectivity index (χ3n) is 1.04. The van der Waals surface area contributed by atoms with Crippen molar-refractivity contribution in [3.8, 4) is 0 Å². The number of benzene rings is 1. The number of hydrogen-bond donors (Lipinski definition) is 4. The van der Waals surface area contributed by atoms with Gasteiger partial charge in [-0.3, -0.25) is 14.5 Å². The van der Waals surface area contributed by atoms with E-state index in [0.29, 0.717) is 10.7 Å². The average Bonchev–Trinajstić information content (AvgIpc) is 2.06. The van der Waals surface area contributed by atoms with E-state index in [2.05, 4.69) is 5.43 Å². The number of hydrazine groups is 1. The first-order chi connectivity index (χ1) is 6.83. The van der Waals surface area contributed by atoms with E-state index in [9.17, 15) is 4.48 Å². The molecule has 0 saturated carbocycles. The predicted molar refractivity (Wildman–Crippen MR) is 53.5 cm³/mol. The number of hydrogen-bond acceptors (Lipinski definition) is 4. The molecule has 4 N–H and O–H groups in total. The van der Waals surface area contributed by atoms with Crippen molar-refractivity contribution in [3.63, 3.8) is 0 Å². The first-order valence-corrected chi connectivity index (χ1v) is 5.17. The van der Waals surface area contributed by atoms with E-state index >= 15 is 0 Å². The van der Waals surface area contributed by atoms with Crippen LogP contribution < -0.4 is 11.1 Å². The van der Waals surface area contributed by atoms with Crippen molar-refractivity contribution in [1.29, 1.82) is 0 Å². The van der Waals surface area contributed by atoms with E-state index in [4.69, 9.17) is 29.1 Å². The second-order valence-electron chi connectivity index (χ2n) is 2.17. The summed E-state index contributed by atoms with van der Waals surface area (Å²) in [5, 5.41) is 0.629. The molecule has 1 rings (SSSR count). The Hall–Kier alpha value is -0.930. The molecule has 0 fully saturated rings. The molecule has 9 heteroatoms. The van der Waals surface area contributed by atoms with E-state index in [0.717, 1.165) is 0 Å². The molecule has 1 aromatic carbocycles. The molecule has 0 aliphatic heterocycles. The molecule has 0 saturated heterocycles. The SMILES string of the molecule is FNNc1ccc(Cl)cc1.O=S(=O)(O)O. The van der Waals surface area contributed by atoms with Crippen LogP contribution in [0.5, 0.6) is 0 Å². The van der Waals surface area contributed by atoms with E-state index in [-0.39, 0.29) is 0 Å². The highest BCUT2D eigenvalue weighted by Crippen LogP contribution is 2.12. The molecule has 0 aromatic heterocycles. The molecule has 0 atom stereocenters. The topological polar surface area (TPSA) is 98.7 Å². The molecule has 0 unspecified atom stereocenters. The lowest BCUT2D eigenvalue weighted by atomic mass is 10.3. The van der Waals surface area contributed by atoms with Crippen molar-refractivity contribution in [2.24, 2.45) is 0 Å². The zero-order valence-corrected chi connectivity index (χ0v) is 8.76. The van der Waals surface area contributed by atoms with Gasteiger partial charge in [-0.25, -0.2) is 0 Å². The van der Waals surface area contributed by atoms with Gasteiger partial charge in [-0.05, 0) is 24.3 Å². The number of nitrogens with one attached hydrogen (secondary N) is 2. The summed E-state index contributed by atoms with van der Waals surface area (Å²) in [6.07, 6.45) is 0. The van der Waals surface area contributed by atoms with Gasteiger partial charge in [-0.2, -0.15) is 8.42 Å². The normalized spacial score (nSPS) is 10.1. The molecular formula is C6H8ClFN2O4S. The van der Waals surface area contributed by atoms with Gasteiger partial charge in [0.25, 0.3) is 0 Å². The lowest BCUT2D eigenvalue weighted by Gasteiger charge is -1.99. The van der Waals surface area contributed by atoms with Gasteiger partial charge in [0.2, 0.25) is 0 Å². The first kappa shape index (κ1) is 14.1. The average molecular weight is 259 g/mol. The summed E-state index contributed by atoms with van der Waals surface area (Å²) < 4.78 is 43.0. The quantitative estimate of drug-likeness (QED) is 0.364. The summed E-state index contributed by atoms with van der Waals surface area (Å²) in [7, 11) is -4.67. The molecule has 1 aromatic rings. The van der Waals surface area contributed by atoms with E-state index in [1.54, 1.807) is 24.3 Å². The molecule has 0 bridgehead atoms. The maximum absolute atomic E-state index is 11.4. The van der Waals surface area contributed by atoms with E-state index in [1.165, 1.54) is 5.65 Å². The summed E-state index contributed by atoms with van der Waals surface area (Å²) in [6, 6.07) is 6.66. The van der Waals surface area contributed by atoms with Gasteiger partial charge in [0.05, 0.1) is 5.69 Å². The molecule has 0 spiro atoms. The number of halogens is 2. The lowest BCUT2D eigenvalue weighted by Crippen LogP contribution is -2.09. The van der Waals surface area contributed by atoms with Crippen LogP contribution in [0.25, 0.3) is 0 Å². The fourth-order valence-electron chi connectivity index (χ4n) is 0.588. The standard InChI is InChI=1S/C6H6ClFN2.H2O4S/c7-5-1-3-6(4-2-5)9-10-8;1-5(2,3)4/h1-4,9-10H;(H2,1,2,3,4). The van der Waals surface area contributed by atoms with Crippen LogP contribution in [0.4, 0.5) is 10.2 Å². The minimum atomic E-state index is -4.67. The van der Waals surface area contributed by atoms with Gasteiger partial charge in [0.1, 0.15) is 0 Å². The summed E-state index contributed by atoms with van der Waals surface area (Å²) in [5.41, 5.74) is 4.20. The fraction of sp³-hybridized carbons (Fsp3) is 0. The zero-order chi connectivity index (χ0) is 11.9. The van der Waals surface area contributed by atoms with Crippen molar-refractivity contribution in [2.75, 3.05) is 5.43 Å². The monoisotopic (exact) mass is 258 g/mol. The maximum atomic E-state index is 11.4. The Labute approximate surface area is 90.5 Å². The van der Waals surface area contributed by atoms with Crippen LogP contribution >= 0.6 is 11.6 Å². The second kappa shape index (κ2) is 6.53. The van der Waals surface area contributed by atoms with Gasteiger partial charge in [0, 0.05) is 5.02 Å². The highest BCUT2D eigenvalue weighted by Gasteiger charge is 1.88. The van der Waals surface area contributed by atoms with Crippen molar-refractivity contribution in [2.45, 2.75) is 0 Å². The van der Waals surface area contributed by atoms with Crippen molar-refractivity contribution in [3.05, 3.63) is 29.3 Å². The molecule has 0 amide bonds. The van der Waals surface area contributed by atoms with E-state index < -0.39 is 10.4 Å². The van der Waals surface area contributed by atoms with Crippen LogP contribution in [0.15, 0.2) is 24.3 Å². The molecule has 0 heterocycles.